The van der Waals surface area contributed by atoms with Crippen molar-refractivity contribution in [1.82, 2.24) is 5.01 Å². The minimum Gasteiger partial charge on any atom is -0.274 e. The van der Waals surface area contributed by atoms with Crippen LogP contribution in [0, 0.1) is 5.92 Å². The summed E-state index contributed by atoms with van der Waals surface area (Å²) in [5.74, 6) is 1.28. The molecule has 0 radical (unpaired) electrons. The molecule has 0 fully saturated rings. The molecule has 0 spiro atoms. The molecule has 0 saturated heterocycles. The van der Waals surface area contributed by atoms with Crippen LogP contribution in [0.25, 0.3) is 0 Å². The fraction of sp³-hybridized carbons (Fsp3) is 0.400. The van der Waals surface area contributed by atoms with E-state index in [-0.39, 0.29) is 0 Å². The number of rotatable bonds is 1. The van der Waals surface area contributed by atoms with Crippen molar-refractivity contribution in [3.63, 3.8) is 0 Å². The van der Waals surface area contributed by atoms with Crippen molar-refractivity contribution in [2.75, 3.05) is 7.05 Å². The lowest BCUT2D eigenvalue weighted by atomic mass is 10.2. The monoisotopic (exact) mass is 303 g/mol. The topological polar surface area (TPSA) is 28.0 Å². The van der Waals surface area contributed by atoms with Crippen molar-refractivity contribution in [2.24, 2.45) is 16.0 Å². The van der Waals surface area contributed by atoms with Crippen molar-refractivity contribution in [3.05, 3.63) is 24.4 Å². The van der Waals surface area contributed by atoms with Crippen LogP contribution in [0.1, 0.15) is 13.8 Å². The van der Waals surface area contributed by atoms with Crippen LogP contribution in [-0.4, -0.2) is 21.6 Å². The quantitative estimate of drug-likeness (QED) is 0.416. The molecule has 4 heteroatoms. The molecule has 1 aliphatic rings. The molecule has 0 amide bonds. The van der Waals surface area contributed by atoms with Crippen LogP contribution in [0.15, 0.2) is 34.5 Å². The Bertz CT molecular complexity index is 326. The lowest BCUT2D eigenvalue weighted by molar-refractivity contribution is 0.531. The van der Waals surface area contributed by atoms with Gasteiger partial charge in [-0.2, -0.15) is 5.10 Å². The van der Waals surface area contributed by atoms with Gasteiger partial charge in [-0.05, 0) is 34.7 Å². The fourth-order valence-electron chi connectivity index (χ4n) is 1.22. The second kappa shape index (κ2) is 4.72. The predicted octanol–water partition coefficient (Wildman–Crippen LogP) is 2.80. The summed E-state index contributed by atoms with van der Waals surface area (Å²) in [5.41, 5.74) is 0.861. The maximum atomic E-state index is 4.38. The van der Waals surface area contributed by atoms with Crippen LogP contribution >= 0.6 is 22.6 Å². The van der Waals surface area contributed by atoms with Crippen LogP contribution in [0.4, 0.5) is 0 Å². The Morgan fingerprint density at radius 1 is 1.57 bits per heavy atom. The molecule has 14 heavy (non-hydrogen) atoms. The van der Waals surface area contributed by atoms with Crippen molar-refractivity contribution < 1.29 is 0 Å². The van der Waals surface area contributed by atoms with Gasteiger partial charge in [0.25, 0.3) is 0 Å². The molecule has 1 aliphatic heterocycles. The number of nitrogens with zero attached hydrogens (tertiary/aromatic N) is 3. The van der Waals surface area contributed by atoms with Gasteiger partial charge in [0.05, 0.1) is 5.70 Å². The second-order valence-corrected chi connectivity index (χ2v) is 4.40. The number of allylic oxidation sites excluding steroid dienone is 2. The smallest absolute Gasteiger partial charge is 0.127 e. The normalized spacial score (nSPS) is 17.8. The third-order valence-electron chi connectivity index (χ3n) is 1.84. The second-order valence-electron chi connectivity index (χ2n) is 3.30. The van der Waals surface area contributed by atoms with E-state index in [2.05, 4.69) is 53.1 Å². The molecule has 0 aliphatic carbocycles. The average Bonchev–Trinajstić information content (AvgIpc) is 2.11. The third kappa shape index (κ3) is 2.43. The molecule has 0 aromatic carbocycles. The Kier molecular flexibility index (Phi) is 3.86. The highest BCUT2D eigenvalue weighted by Crippen LogP contribution is 2.17. The first-order valence-electron chi connectivity index (χ1n) is 4.44. The molecule has 0 bridgehead atoms. The highest BCUT2D eigenvalue weighted by molar-refractivity contribution is 14.1. The van der Waals surface area contributed by atoms with E-state index >= 15 is 0 Å². The predicted molar refractivity (Wildman–Crippen MR) is 69.8 cm³/mol. The zero-order chi connectivity index (χ0) is 10.7. The van der Waals surface area contributed by atoms with Gasteiger partial charge in [-0.25, -0.2) is 5.01 Å². The van der Waals surface area contributed by atoms with E-state index in [1.54, 1.807) is 12.1 Å². The summed E-state index contributed by atoms with van der Waals surface area (Å²) in [6, 6.07) is 0. The van der Waals surface area contributed by atoms with Gasteiger partial charge in [0, 0.05) is 13.0 Å². The van der Waals surface area contributed by atoms with E-state index in [1.165, 1.54) is 0 Å². The number of hydrazone groups is 1. The summed E-state index contributed by atoms with van der Waals surface area (Å²) in [7, 11) is 1.78. The molecule has 76 valence electrons. The van der Waals surface area contributed by atoms with Crippen LogP contribution in [0.3, 0.4) is 0 Å². The van der Waals surface area contributed by atoms with E-state index in [1.807, 2.05) is 12.2 Å². The molecular formula is C10H14IN3. The van der Waals surface area contributed by atoms with E-state index in [4.69, 9.17) is 0 Å². The zero-order valence-corrected chi connectivity index (χ0v) is 10.8. The first-order chi connectivity index (χ1) is 6.56. The van der Waals surface area contributed by atoms with Crippen molar-refractivity contribution in [3.8, 4) is 0 Å². The number of hydrogen-bond acceptors (Lipinski definition) is 2. The summed E-state index contributed by atoms with van der Waals surface area (Å²) >= 11 is 2.18. The lowest BCUT2D eigenvalue weighted by Gasteiger charge is -2.25. The van der Waals surface area contributed by atoms with Gasteiger partial charge < -0.3 is 0 Å². The summed E-state index contributed by atoms with van der Waals surface area (Å²) in [6.45, 7) is 8.12. The van der Waals surface area contributed by atoms with E-state index in [0.717, 1.165) is 15.3 Å². The van der Waals surface area contributed by atoms with Gasteiger partial charge in [-0.3, -0.25) is 4.99 Å². The highest BCUT2D eigenvalue weighted by Gasteiger charge is 2.17. The standard InChI is InChI=1S/C10H14IN3/c1-7(2)10(12-4)14-8(3)5-6-9(11)13-14/h5-7H,3H2,1-2,4H3. The van der Waals surface area contributed by atoms with E-state index in [0.29, 0.717) is 5.92 Å². The summed E-state index contributed by atoms with van der Waals surface area (Å²) in [6.07, 6.45) is 3.88. The molecule has 0 N–H and O–H groups in total. The van der Waals surface area contributed by atoms with E-state index in [9.17, 15) is 0 Å². The van der Waals surface area contributed by atoms with Crippen molar-refractivity contribution >= 4 is 32.1 Å². The SMILES string of the molecule is C=C1C=CC(I)=NN1C(=NC)C(C)C. The van der Waals surface area contributed by atoms with Gasteiger partial charge in [0.15, 0.2) is 0 Å². The minimum atomic E-state index is 0.344. The lowest BCUT2D eigenvalue weighted by Crippen LogP contribution is -2.30. The molecule has 0 aromatic heterocycles. The first-order valence-corrected chi connectivity index (χ1v) is 5.52. The Labute approximate surface area is 98.4 Å². The van der Waals surface area contributed by atoms with Gasteiger partial charge >= 0.3 is 0 Å². The molecule has 1 rings (SSSR count). The van der Waals surface area contributed by atoms with Crippen LogP contribution in [-0.2, 0) is 0 Å². The third-order valence-corrected chi connectivity index (χ3v) is 2.42. The summed E-state index contributed by atoms with van der Waals surface area (Å²) < 4.78 is 0.941. The number of amidine groups is 1. The maximum Gasteiger partial charge on any atom is 0.127 e. The zero-order valence-electron chi connectivity index (χ0n) is 8.66. The maximum absolute atomic E-state index is 4.38. The minimum absolute atomic E-state index is 0.344. The number of hydrogen-bond donors (Lipinski definition) is 0. The van der Waals surface area contributed by atoms with Crippen LogP contribution in [0.5, 0.6) is 0 Å². The fourth-order valence-corrected chi connectivity index (χ4v) is 1.62. The van der Waals surface area contributed by atoms with Crippen LogP contribution in [0.2, 0.25) is 0 Å². The van der Waals surface area contributed by atoms with Gasteiger partial charge in [0.1, 0.15) is 9.55 Å². The summed E-state index contributed by atoms with van der Waals surface area (Å²) in [4.78, 5) is 4.23. The number of aliphatic imine (C=N–C) groups is 1. The van der Waals surface area contributed by atoms with Gasteiger partial charge in [-0.1, -0.05) is 20.4 Å². The molecule has 3 nitrogen and oxygen atoms in total. The highest BCUT2D eigenvalue weighted by atomic mass is 127. The first kappa shape index (κ1) is 11.4. The average molecular weight is 303 g/mol. The molecule has 0 unspecified atom stereocenters. The number of halogens is 1. The van der Waals surface area contributed by atoms with E-state index < -0.39 is 0 Å². The van der Waals surface area contributed by atoms with Gasteiger partial charge in [-0.15, -0.1) is 0 Å². The van der Waals surface area contributed by atoms with Crippen molar-refractivity contribution in [1.29, 1.82) is 0 Å². The molecule has 0 saturated carbocycles. The molecule has 0 aromatic rings. The van der Waals surface area contributed by atoms with Crippen LogP contribution < -0.4 is 0 Å². The Morgan fingerprint density at radius 3 is 2.71 bits per heavy atom. The molecule has 1 heterocycles. The Hall–Kier alpha value is -0.650. The molecule has 0 atom stereocenters. The largest absolute Gasteiger partial charge is 0.274 e. The Balaban J connectivity index is 2.98. The molecular weight excluding hydrogens is 289 g/mol. The Morgan fingerprint density at radius 2 is 2.21 bits per heavy atom. The van der Waals surface area contributed by atoms with Crippen molar-refractivity contribution in [2.45, 2.75) is 13.8 Å². The summed E-state index contributed by atoms with van der Waals surface area (Å²) in [5, 5.41) is 6.17. The van der Waals surface area contributed by atoms with Gasteiger partial charge in [0.2, 0.25) is 0 Å².